The normalized spacial score (nSPS) is 16.3. The minimum Gasteiger partial charge on any atom is -0.337 e. The highest BCUT2D eigenvalue weighted by Gasteiger charge is 2.26. The summed E-state index contributed by atoms with van der Waals surface area (Å²) < 4.78 is 0.968. The van der Waals surface area contributed by atoms with Crippen molar-refractivity contribution in [2.75, 3.05) is 31.5 Å². The maximum atomic E-state index is 12.7. The highest BCUT2D eigenvalue weighted by molar-refractivity contribution is 9.10. The summed E-state index contributed by atoms with van der Waals surface area (Å²) >= 11 is 9.40. The molecule has 1 unspecified atom stereocenters. The van der Waals surface area contributed by atoms with E-state index in [9.17, 15) is 9.59 Å². The zero-order chi connectivity index (χ0) is 20.1. The topological polar surface area (TPSA) is 52.7 Å². The molecule has 2 aromatic carbocycles. The van der Waals surface area contributed by atoms with E-state index in [1.54, 1.807) is 24.3 Å². The fourth-order valence-electron chi connectivity index (χ4n) is 3.28. The fraction of sp³-hybridized carbons (Fsp3) is 0.333. The Morgan fingerprint density at radius 1 is 1.07 bits per heavy atom. The standard InChI is InChI=1S/C21H23BrClN3O2/c1-15(20(27)24-19-8-6-17(22)7-9-19)25-10-3-11-26(13-12-25)21(28)16-4-2-5-18(23)14-16/h2,4-9,14-15H,3,10-13H2,1H3,(H,24,27). The number of nitrogens with one attached hydrogen (secondary N) is 1. The van der Waals surface area contributed by atoms with Crippen LogP contribution in [0.2, 0.25) is 5.02 Å². The van der Waals surface area contributed by atoms with Gasteiger partial charge in [0.15, 0.2) is 0 Å². The van der Waals surface area contributed by atoms with Crippen LogP contribution in [0.4, 0.5) is 5.69 Å². The van der Waals surface area contributed by atoms with Crippen molar-refractivity contribution in [3.05, 3.63) is 63.6 Å². The fourth-order valence-corrected chi connectivity index (χ4v) is 3.73. The van der Waals surface area contributed by atoms with Crippen LogP contribution in [0.3, 0.4) is 0 Å². The highest BCUT2D eigenvalue weighted by Crippen LogP contribution is 2.17. The Hall–Kier alpha value is -1.89. The average Bonchev–Trinajstić information content (AvgIpc) is 2.94. The van der Waals surface area contributed by atoms with E-state index >= 15 is 0 Å². The lowest BCUT2D eigenvalue weighted by atomic mass is 10.2. The third-order valence-electron chi connectivity index (χ3n) is 4.93. The predicted molar refractivity (Wildman–Crippen MR) is 116 cm³/mol. The Morgan fingerprint density at radius 3 is 2.54 bits per heavy atom. The van der Waals surface area contributed by atoms with Gasteiger partial charge >= 0.3 is 0 Å². The van der Waals surface area contributed by atoms with Crippen LogP contribution in [0.5, 0.6) is 0 Å². The molecule has 1 fully saturated rings. The molecule has 0 radical (unpaired) electrons. The molecule has 1 saturated heterocycles. The van der Waals surface area contributed by atoms with Crippen molar-refractivity contribution in [2.24, 2.45) is 0 Å². The zero-order valence-corrected chi connectivity index (χ0v) is 18.0. The first kappa shape index (κ1) is 20.8. The van der Waals surface area contributed by atoms with Crippen LogP contribution in [0.1, 0.15) is 23.7 Å². The van der Waals surface area contributed by atoms with Gasteiger partial charge in [0.1, 0.15) is 0 Å². The van der Waals surface area contributed by atoms with Crippen molar-refractivity contribution < 1.29 is 9.59 Å². The molecule has 1 atom stereocenters. The van der Waals surface area contributed by atoms with Gasteiger partial charge in [0.25, 0.3) is 5.91 Å². The van der Waals surface area contributed by atoms with Crippen molar-refractivity contribution in [1.29, 1.82) is 0 Å². The molecule has 0 saturated carbocycles. The number of carbonyl (C=O) groups excluding carboxylic acids is 2. The molecule has 0 bridgehead atoms. The maximum Gasteiger partial charge on any atom is 0.253 e. The summed E-state index contributed by atoms with van der Waals surface area (Å²) in [5, 5.41) is 3.51. The number of benzene rings is 2. The zero-order valence-electron chi connectivity index (χ0n) is 15.7. The van der Waals surface area contributed by atoms with Gasteiger partial charge in [-0.2, -0.15) is 0 Å². The Morgan fingerprint density at radius 2 is 1.82 bits per heavy atom. The van der Waals surface area contributed by atoms with Crippen LogP contribution in [0.15, 0.2) is 53.0 Å². The minimum absolute atomic E-state index is 0.0173. The summed E-state index contributed by atoms with van der Waals surface area (Å²) in [4.78, 5) is 29.3. The van der Waals surface area contributed by atoms with Crippen LogP contribution in [-0.4, -0.2) is 53.8 Å². The van der Waals surface area contributed by atoms with Gasteiger partial charge in [-0.1, -0.05) is 33.6 Å². The number of rotatable bonds is 4. The quantitative estimate of drug-likeness (QED) is 0.735. The summed E-state index contributed by atoms with van der Waals surface area (Å²) in [7, 11) is 0. The maximum absolute atomic E-state index is 12.7. The molecule has 148 valence electrons. The number of amides is 2. The van der Waals surface area contributed by atoms with Crippen LogP contribution >= 0.6 is 27.5 Å². The molecule has 7 heteroatoms. The smallest absolute Gasteiger partial charge is 0.253 e. The number of nitrogens with zero attached hydrogens (tertiary/aromatic N) is 2. The van der Waals surface area contributed by atoms with E-state index in [-0.39, 0.29) is 17.9 Å². The molecule has 2 aromatic rings. The first-order valence-electron chi connectivity index (χ1n) is 9.29. The van der Waals surface area contributed by atoms with Crippen LogP contribution in [-0.2, 0) is 4.79 Å². The number of halogens is 2. The van der Waals surface area contributed by atoms with Gasteiger partial charge in [0.2, 0.25) is 5.91 Å². The molecule has 0 spiro atoms. The Bertz CT molecular complexity index is 844. The Kier molecular flexibility index (Phi) is 7.10. The summed E-state index contributed by atoms with van der Waals surface area (Å²) in [5.41, 5.74) is 1.37. The van der Waals surface area contributed by atoms with Crippen molar-refractivity contribution in [2.45, 2.75) is 19.4 Å². The molecule has 5 nitrogen and oxygen atoms in total. The highest BCUT2D eigenvalue weighted by atomic mass is 79.9. The Balaban J connectivity index is 1.58. The molecule has 1 N–H and O–H groups in total. The molecule has 3 rings (SSSR count). The van der Waals surface area contributed by atoms with Crippen molar-refractivity contribution in [3.8, 4) is 0 Å². The summed E-state index contributed by atoms with van der Waals surface area (Å²) in [6.45, 7) is 4.59. The van der Waals surface area contributed by atoms with Crippen LogP contribution in [0, 0.1) is 0 Å². The summed E-state index contributed by atoms with van der Waals surface area (Å²) in [6.07, 6.45) is 0.822. The van der Waals surface area contributed by atoms with Gasteiger partial charge < -0.3 is 10.2 Å². The lowest BCUT2D eigenvalue weighted by Gasteiger charge is -2.27. The van der Waals surface area contributed by atoms with E-state index in [2.05, 4.69) is 26.1 Å². The number of hydrogen-bond donors (Lipinski definition) is 1. The predicted octanol–water partition coefficient (Wildman–Crippen LogP) is 4.28. The third-order valence-corrected chi connectivity index (χ3v) is 5.69. The molecular weight excluding hydrogens is 442 g/mol. The monoisotopic (exact) mass is 463 g/mol. The van der Waals surface area contributed by atoms with Crippen LogP contribution < -0.4 is 5.32 Å². The second-order valence-corrected chi connectivity index (χ2v) is 8.22. The molecule has 1 heterocycles. The minimum atomic E-state index is -0.273. The van der Waals surface area contributed by atoms with Crippen molar-refractivity contribution in [3.63, 3.8) is 0 Å². The SMILES string of the molecule is CC(C(=O)Nc1ccc(Br)cc1)N1CCCN(C(=O)c2cccc(Cl)c2)CC1. The van der Waals surface area contributed by atoms with Gasteiger partial charge in [-0.25, -0.2) is 0 Å². The van der Waals surface area contributed by atoms with E-state index in [1.165, 1.54) is 0 Å². The van der Waals surface area contributed by atoms with E-state index in [4.69, 9.17) is 11.6 Å². The van der Waals surface area contributed by atoms with E-state index in [1.807, 2.05) is 36.1 Å². The van der Waals surface area contributed by atoms with Crippen LogP contribution in [0.25, 0.3) is 0 Å². The number of hydrogen-bond acceptors (Lipinski definition) is 3. The van der Waals surface area contributed by atoms with Crippen molar-refractivity contribution in [1.82, 2.24) is 9.80 Å². The molecule has 0 aliphatic carbocycles. The van der Waals surface area contributed by atoms with Gasteiger partial charge in [0.05, 0.1) is 6.04 Å². The molecule has 1 aliphatic rings. The van der Waals surface area contributed by atoms with Gasteiger partial charge in [-0.15, -0.1) is 0 Å². The second-order valence-electron chi connectivity index (χ2n) is 6.86. The first-order valence-corrected chi connectivity index (χ1v) is 10.5. The van der Waals surface area contributed by atoms with Crippen molar-refractivity contribution >= 4 is 45.0 Å². The average molecular weight is 465 g/mol. The van der Waals surface area contributed by atoms with Gasteiger partial charge in [0, 0.05) is 46.9 Å². The van der Waals surface area contributed by atoms with Gasteiger partial charge in [-0.05, 0) is 55.8 Å². The largest absolute Gasteiger partial charge is 0.337 e. The van der Waals surface area contributed by atoms with E-state index < -0.39 is 0 Å². The molecule has 1 aliphatic heterocycles. The molecular formula is C21H23BrClN3O2. The third kappa shape index (κ3) is 5.34. The molecule has 28 heavy (non-hydrogen) atoms. The molecule has 0 aromatic heterocycles. The lowest BCUT2D eigenvalue weighted by Crippen LogP contribution is -2.44. The Labute approximate surface area is 178 Å². The van der Waals surface area contributed by atoms with E-state index in [0.717, 1.165) is 23.1 Å². The first-order chi connectivity index (χ1) is 13.4. The second kappa shape index (κ2) is 9.54. The van der Waals surface area contributed by atoms with Gasteiger partial charge in [-0.3, -0.25) is 14.5 Å². The summed E-state index contributed by atoms with van der Waals surface area (Å²) in [6, 6.07) is 14.3. The lowest BCUT2D eigenvalue weighted by molar-refractivity contribution is -0.120. The van der Waals surface area contributed by atoms with E-state index in [0.29, 0.717) is 30.2 Å². The number of carbonyl (C=O) groups is 2. The summed E-state index contributed by atoms with van der Waals surface area (Å²) in [5.74, 6) is -0.0618. The molecule has 2 amide bonds. The number of anilines is 1.